The van der Waals surface area contributed by atoms with E-state index < -0.39 is 0 Å². The summed E-state index contributed by atoms with van der Waals surface area (Å²) in [5.74, 6) is 0.818. The van der Waals surface area contributed by atoms with Crippen molar-refractivity contribution in [1.29, 1.82) is 0 Å². The van der Waals surface area contributed by atoms with Gasteiger partial charge in [0.1, 0.15) is 0 Å². The topological polar surface area (TPSA) is 38.9 Å². The van der Waals surface area contributed by atoms with Gasteiger partial charge in [-0.1, -0.05) is 49.9 Å². The largest absolute Gasteiger partial charge is 0.324 e. The lowest BCUT2D eigenvalue weighted by atomic mass is 9.93. The number of aromatic nitrogens is 1. The quantitative estimate of drug-likeness (QED) is 0.886. The number of para-hydroxylation sites is 1. The summed E-state index contributed by atoms with van der Waals surface area (Å²) < 4.78 is 0. The van der Waals surface area contributed by atoms with E-state index in [1.54, 1.807) is 0 Å². The average molecular weight is 240 g/mol. The molecule has 2 N–H and O–H groups in total. The number of benzene rings is 1. The molecule has 2 heteroatoms. The van der Waals surface area contributed by atoms with Crippen molar-refractivity contribution in [2.24, 2.45) is 11.7 Å². The highest BCUT2D eigenvalue weighted by Gasteiger charge is 2.20. The Balaban J connectivity index is 1.88. The van der Waals surface area contributed by atoms with E-state index in [0.29, 0.717) is 0 Å². The minimum atomic E-state index is 0.131. The SMILES string of the molecule is NC(CC1CCCC1)c1cccc2cccnc12. The molecule has 0 saturated heterocycles. The predicted molar refractivity (Wildman–Crippen MR) is 75.2 cm³/mol. The smallest absolute Gasteiger partial charge is 0.0749 e. The van der Waals surface area contributed by atoms with Crippen molar-refractivity contribution < 1.29 is 0 Å². The Morgan fingerprint density at radius 3 is 2.78 bits per heavy atom. The maximum Gasteiger partial charge on any atom is 0.0749 e. The molecule has 2 aromatic rings. The highest BCUT2D eigenvalue weighted by molar-refractivity contribution is 5.81. The molecule has 0 amide bonds. The van der Waals surface area contributed by atoms with Gasteiger partial charge in [0.15, 0.2) is 0 Å². The van der Waals surface area contributed by atoms with Crippen LogP contribution in [0.4, 0.5) is 0 Å². The number of nitrogens with two attached hydrogens (primary N) is 1. The van der Waals surface area contributed by atoms with Gasteiger partial charge in [-0.3, -0.25) is 4.98 Å². The number of rotatable bonds is 3. The standard InChI is InChI=1S/C16H20N2/c17-15(11-12-5-1-2-6-12)14-9-3-7-13-8-4-10-18-16(13)14/h3-4,7-10,12,15H,1-2,5-6,11,17H2. The molecule has 0 aliphatic heterocycles. The molecule has 0 radical (unpaired) electrons. The molecule has 1 heterocycles. The lowest BCUT2D eigenvalue weighted by Crippen LogP contribution is -2.14. The predicted octanol–water partition coefficient (Wildman–Crippen LogP) is 3.81. The van der Waals surface area contributed by atoms with Gasteiger partial charge in [-0.25, -0.2) is 0 Å². The first kappa shape index (κ1) is 11.7. The van der Waals surface area contributed by atoms with E-state index in [-0.39, 0.29) is 6.04 Å². The molecule has 3 rings (SSSR count). The van der Waals surface area contributed by atoms with Gasteiger partial charge in [-0.15, -0.1) is 0 Å². The fourth-order valence-corrected chi connectivity index (χ4v) is 3.16. The first-order valence-corrected chi connectivity index (χ1v) is 6.94. The highest BCUT2D eigenvalue weighted by atomic mass is 14.7. The number of hydrogen-bond acceptors (Lipinski definition) is 2. The number of fused-ring (bicyclic) bond motifs is 1. The number of nitrogens with zero attached hydrogens (tertiary/aromatic N) is 1. The van der Waals surface area contributed by atoms with Gasteiger partial charge in [-0.05, 0) is 24.0 Å². The fourth-order valence-electron chi connectivity index (χ4n) is 3.16. The molecular weight excluding hydrogens is 220 g/mol. The van der Waals surface area contributed by atoms with E-state index in [9.17, 15) is 0 Å². The summed E-state index contributed by atoms with van der Waals surface area (Å²) >= 11 is 0. The van der Waals surface area contributed by atoms with E-state index in [4.69, 9.17) is 5.73 Å². The fraction of sp³-hybridized carbons (Fsp3) is 0.438. The van der Waals surface area contributed by atoms with Crippen LogP contribution in [0.15, 0.2) is 36.5 Å². The molecule has 1 atom stereocenters. The van der Waals surface area contributed by atoms with Gasteiger partial charge in [-0.2, -0.15) is 0 Å². The lowest BCUT2D eigenvalue weighted by Gasteiger charge is -2.17. The van der Waals surface area contributed by atoms with Crippen LogP contribution in [0, 0.1) is 5.92 Å². The summed E-state index contributed by atoms with van der Waals surface area (Å²) in [5, 5.41) is 1.19. The number of pyridine rings is 1. The van der Waals surface area contributed by atoms with Crippen LogP contribution in [-0.2, 0) is 0 Å². The molecule has 1 fully saturated rings. The lowest BCUT2D eigenvalue weighted by molar-refractivity contribution is 0.452. The molecule has 1 aromatic heterocycles. The molecule has 94 valence electrons. The zero-order valence-electron chi connectivity index (χ0n) is 10.7. The maximum atomic E-state index is 6.40. The molecule has 1 aromatic carbocycles. The van der Waals surface area contributed by atoms with Crippen LogP contribution in [-0.4, -0.2) is 4.98 Å². The molecule has 18 heavy (non-hydrogen) atoms. The molecular formula is C16H20N2. The van der Waals surface area contributed by atoms with E-state index in [2.05, 4.69) is 29.2 Å². The van der Waals surface area contributed by atoms with Gasteiger partial charge in [0.25, 0.3) is 0 Å². The molecule has 0 bridgehead atoms. The minimum absolute atomic E-state index is 0.131. The van der Waals surface area contributed by atoms with Gasteiger partial charge in [0.05, 0.1) is 5.52 Å². The zero-order chi connectivity index (χ0) is 12.4. The second-order valence-corrected chi connectivity index (χ2v) is 5.42. The molecule has 1 unspecified atom stereocenters. The zero-order valence-corrected chi connectivity index (χ0v) is 10.7. The van der Waals surface area contributed by atoms with Crippen molar-refractivity contribution in [3.63, 3.8) is 0 Å². The molecule has 1 aliphatic rings. The Hall–Kier alpha value is -1.41. The summed E-state index contributed by atoms with van der Waals surface area (Å²) in [6, 6.07) is 10.5. The Morgan fingerprint density at radius 2 is 1.94 bits per heavy atom. The van der Waals surface area contributed by atoms with Crippen LogP contribution < -0.4 is 5.73 Å². The first-order chi connectivity index (χ1) is 8.84. The molecule has 0 spiro atoms. The van der Waals surface area contributed by atoms with E-state index in [1.807, 2.05) is 12.3 Å². The Bertz CT molecular complexity index is 524. The van der Waals surface area contributed by atoms with Crippen LogP contribution in [0.2, 0.25) is 0 Å². The van der Waals surface area contributed by atoms with E-state index in [0.717, 1.165) is 17.9 Å². The van der Waals surface area contributed by atoms with Crippen molar-refractivity contribution >= 4 is 10.9 Å². The third-order valence-electron chi connectivity index (χ3n) is 4.13. The summed E-state index contributed by atoms with van der Waals surface area (Å²) in [4.78, 5) is 4.50. The maximum absolute atomic E-state index is 6.40. The second kappa shape index (κ2) is 5.07. The van der Waals surface area contributed by atoms with Crippen LogP contribution in [0.1, 0.15) is 43.7 Å². The third-order valence-corrected chi connectivity index (χ3v) is 4.13. The first-order valence-electron chi connectivity index (χ1n) is 6.94. The van der Waals surface area contributed by atoms with Gasteiger partial charge in [0, 0.05) is 17.6 Å². The minimum Gasteiger partial charge on any atom is -0.324 e. The third kappa shape index (κ3) is 2.25. The molecule has 1 saturated carbocycles. The normalized spacial score (nSPS) is 18.3. The van der Waals surface area contributed by atoms with Crippen molar-refractivity contribution in [3.05, 3.63) is 42.1 Å². The Labute approximate surface area is 108 Å². The van der Waals surface area contributed by atoms with Crippen molar-refractivity contribution in [2.45, 2.75) is 38.1 Å². The molecule has 2 nitrogen and oxygen atoms in total. The summed E-state index contributed by atoms with van der Waals surface area (Å²) in [7, 11) is 0. The highest BCUT2D eigenvalue weighted by Crippen LogP contribution is 2.33. The van der Waals surface area contributed by atoms with Crippen molar-refractivity contribution in [1.82, 2.24) is 4.98 Å². The summed E-state index contributed by atoms with van der Waals surface area (Å²) in [6.07, 6.45) is 8.43. The van der Waals surface area contributed by atoms with Gasteiger partial charge < -0.3 is 5.73 Å². The van der Waals surface area contributed by atoms with Gasteiger partial charge >= 0.3 is 0 Å². The van der Waals surface area contributed by atoms with Crippen LogP contribution in [0.3, 0.4) is 0 Å². The average Bonchev–Trinajstić information content (AvgIpc) is 2.91. The van der Waals surface area contributed by atoms with Crippen LogP contribution >= 0.6 is 0 Å². The van der Waals surface area contributed by atoms with E-state index >= 15 is 0 Å². The monoisotopic (exact) mass is 240 g/mol. The summed E-state index contributed by atoms with van der Waals surface area (Å²) in [5.41, 5.74) is 8.68. The molecule has 1 aliphatic carbocycles. The van der Waals surface area contributed by atoms with Crippen molar-refractivity contribution in [2.75, 3.05) is 0 Å². The Kier molecular flexibility index (Phi) is 3.28. The summed E-state index contributed by atoms with van der Waals surface area (Å²) in [6.45, 7) is 0. The van der Waals surface area contributed by atoms with Gasteiger partial charge in [0.2, 0.25) is 0 Å². The van der Waals surface area contributed by atoms with E-state index in [1.165, 1.54) is 36.6 Å². The second-order valence-electron chi connectivity index (χ2n) is 5.42. The Morgan fingerprint density at radius 1 is 1.17 bits per heavy atom. The van der Waals surface area contributed by atoms with Crippen LogP contribution in [0.5, 0.6) is 0 Å². The number of hydrogen-bond donors (Lipinski definition) is 1. The van der Waals surface area contributed by atoms with Crippen LogP contribution in [0.25, 0.3) is 10.9 Å². The van der Waals surface area contributed by atoms with Crippen molar-refractivity contribution in [3.8, 4) is 0 Å².